The number of benzene rings is 2. The van der Waals surface area contributed by atoms with Gasteiger partial charge in [0.2, 0.25) is 0 Å². The first-order valence-electron chi connectivity index (χ1n) is 8.30. The van der Waals surface area contributed by atoms with E-state index in [0.29, 0.717) is 12.3 Å². The van der Waals surface area contributed by atoms with Gasteiger partial charge in [-0.05, 0) is 35.4 Å². The van der Waals surface area contributed by atoms with Crippen molar-refractivity contribution in [3.05, 3.63) is 96.7 Å². The number of aromatic nitrogens is 2. The summed E-state index contributed by atoms with van der Waals surface area (Å²) in [5.74, 6) is 0.0266. The minimum atomic E-state index is -0.273. The van der Waals surface area contributed by atoms with Gasteiger partial charge in [0.05, 0.1) is 12.8 Å². The van der Waals surface area contributed by atoms with Gasteiger partial charge < -0.3 is 9.73 Å². The zero-order valence-corrected chi connectivity index (χ0v) is 14.0. The predicted octanol–water partition coefficient (Wildman–Crippen LogP) is 4.44. The molecule has 5 nitrogen and oxygen atoms in total. The van der Waals surface area contributed by atoms with Crippen LogP contribution in [-0.4, -0.2) is 15.7 Å². The van der Waals surface area contributed by atoms with E-state index in [4.69, 9.17) is 4.42 Å². The molecule has 0 aliphatic carbocycles. The summed E-state index contributed by atoms with van der Waals surface area (Å²) in [7, 11) is 0. The van der Waals surface area contributed by atoms with Gasteiger partial charge in [-0.3, -0.25) is 9.48 Å². The van der Waals surface area contributed by atoms with Crippen molar-refractivity contribution in [3.8, 4) is 11.1 Å². The molecule has 0 saturated carbocycles. The molecule has 2 aromatic heterocycles. The summed E-state index contributed by atoms with van der Waals surface area (Å²) in [6.45, 7) is 0.646. The van der Waals surface area contributed by atoms with Crippen LogP contribution in [0.4, 0.5) is 5.69 Å². The standard InChI is InChI=1S/C21H17N3O2/c25-21(20-19(10-13-26-20)17-7-2-1-3-8-17)23-18-9-4-6-16(14-18)15-24-12-5-11-22-24/h1-14H,15H2,(H,23,25). The molecule has 0 aliphatic rings. The maximum atomic E-state index is 12.7. The molecule has 1 amide bonds. The number of rotatable bonds is 5. The van der Waals surface area contributed by atoms with Crippen molar-refractivity contribution in [2.24, 2.45) is 0 Å². The van der Waals surface area contributed by atoms with E-state index in [2.05, 4.69) is 10.4 Å². The van der Waals surface area contributed by atoms with Crippen LogP contribution in [0, 0.1) is 0 Å². The number of carbonyl (C=O) groups excluding carboxylic acids is 1. The molecule has 26 heavy (non-hydrogen) atoms. The van der Waals surface area contributed by atoms with E-state index in [-0.39, 0.29) is 5.91 Å². The molecule has 0 fully saturated rings. The van der Waals surface area contributed by atoms with Gasteiger partial charge in [0.15, 0.2) is 5.76 Å². The number of furan rings is 1. The Kier molecular flexibility index (Phi) is 4.35. The van der Waals surface area contributed by atoms with E-state index >= 15 is 0 Å². The molecule has 0 radical (unpaired) electrons. The molecular weight excluding hydrogens is 326 g/mol. The van der Waals surface area contributed by atoms with Crippen LogP contribution in [0.5, 0.6) is 0 Å². The molecule has 0 spiro atoms. The highest BCUT2D eigenvalue weighted by atomic mass is 16.3. The fourth-order valence-corrected chi connectivity index (χ4v) is 2.85. The summed E-state index contributed by atoms with van der Waals surface area (Å²) in [5.41, 5.74) is 3.49. The van der Waals surface area contributed by atoms with Crippen LogP contribution in [0.3, 0.4) is 0 Å². The van der Waals surface area contributed by atoms with Crippen molar-refractivity contribution < 1.29 is 9.21 Å². The SMILES string of the molecule is O=C(Nc1cccc(Cn2cccn2)c1)c1occc1-c1ccccc1. The van der Waals surface area contributed by atoms with Gasteiger partial charge >= 0.3 is 0 Å². The molecular formula is C21H17N3O2. The Morgan fingerprint density at radius 3 is 2.73 bits per heavy atom. The molecule has 2 heterocycles. The number of nitrogens with zero attached hydrogens (tertiary/aromatic N) is 2. The van der Waals surface area contributed by atoms with E-state index in [1.54, 1.807) is 12.3 Å². The topological polar surface area (TPSA) is 60.1 Å². The summed E-state index contributed by atoms with van der Waals surface area (Å²) in [6.07, 6.45) is 5.18. The molecule has 2 aromatic carbocycles. The first-order chi connectivity index (χ1) is 12.8. The summed E-state index contributed by atoms with van der Waals surface area (Å²) in [4.78, 5) is 12.7. The average Bonchev–Trinajstić information content (AvgIpc) is 3.34. The Balaban J connectivity index is 1.53. The zero-order chi connectivity index (χ0) is 17.8. The molecule has 0 atom stereocenters. The van der Waals surface area contributed by atoms with Crippen molar-refractivity contribution in [2.45, 2.75) is 6.54 Å². The number of amides is 1. The number of carbonyl (C=O) groups is 1. The normalized spacial score (nSPS) is 10.6. The van der Waals surface area contributed by atoms with Crippen LogP contribution >= 0.6 is 0 Å². The van der Waals surface area contributed by atoms with E-state index < -0.39 is 0 Å². The number of hydrogen-bond acceptors (Lipinski definition) is 3. The highest BCUT2D eigenvalue weighted by molar-refractivity contribution is 6.06. The van der Waals surface area contributed by atoms with E-state index in [0.717, 1.165) is 22.4 Å². The number of hydrogen-bond donors (Lipinski definition) is 1. The lowest BCUT2D eigenvalue weighted by molar-refractivity contribution is 0.0997. The first kappa shape index (κ1) is 15.9. The minimum absolute atomic E-state index is 0.273. The fourth-order valence-electron chi connectivity index (χ4n) is 2.85. The van der Waals surface area contributed by atoms with Gasteiger partial charge in [-0.1, -0.05) is 42.5 Å². The van der Waals surface area contributed by atoms with Gasteiger partial charge in [-0.2, -0.15) is 5.10 Å². The van der Waals surface area contributed by atoms with Gasteiger partial charge in [0.25, 0.3) is 5.91 Å². The van der Waals surface area contributed by atoms with Gasteiger partial charge in [0, 0.05) is 23.6 Å². The summed E-state index contributed by atoms with van der Waals surface area (Å²) < 4.78 is 7.28. The van der Waals surface area contributed by atoms with Gasteiger partial charge in [-0.25, -0.2) is 0 Å². The van der Waals surface area contributed by atoms with Crippen LogP contribution in [0.1, 0.15) is 16.1 Å². The maximum absolute atomic E-state index is 12.7. The third kappa shape index (κ3) is 3.42. The average molecular weight is 343 g/mol. The molecule has 4 aromatic rings. The molecule has 128 valence electrons. The monoisotopic (exact) mass is 343 g/mol. The van der Waals surface area contributed by atoms with Crippen molar-refractivity contribution >= 4 is 11.6 Å². The number of nitrogens with one attached hydrogen (secondary N) is 1. The van der Waals surface area contributed by atoms with Crippen LogP contribution in [0.25, 0.3) is 11.1 Å². The van der Waals surface area contributed by atoms with Crippen molar-refractivity contribution in [1.82, 2.24) is 9.78 Å². The third-order valence-electron chi connectivity index (χ3n) is 4.04. The van der Waals surface area contributed by atoms with Crippen molar-refractivity contribution in [2.75, 3.05) is 5.32 Å². The van der Waals surface area contributed by atoms with Crippen molar-refractivity contribution in [1.29, 1.82) is 0 Å². The van der Waals surface area contributed by atoms with E-state index in [1.165, 1.54) is 6.26 Å². The van der Waals surface area contributed by atoms with Crippen LogP contribution < -0.4 is 5.32 Å². The lowest BCUT2D eigenvalue weighted by atomic mass is 10.1. The summed E-state index contributed by atoms with van der Waals surface area (Å²) in [5, 5.41) is 7.11. The highest BCUT2D eigenvalue weighted by Crippen LogP contribution is 2.25. The van der Waals surface area contributed by atoms with Crippen LogP contribution in [0.2, 0.25) is 0 Å². The maximum Gasteiger partial charge on any atom is 0.292 e. The second kappa shape index (κ2) is 7.11. The van der Waals surface area contributed by atoms with Gasteiger partial charge in [-0.15, -0.1) is 0 Å². The molecule has 0 bridgehead atoms. The Bertz CT molecular complexity index is 1000. The Labute approximate surface area is 150 Å². The van der Waals surface area contributed by atoms with E-state index in [1.807, 2.05) is 71.5 Å². The second-order valence-corrected chi connectivity index (χ2v) is 5.89. The smallest absolute Gasteiger partial charge is 0.292 e. The Morgan fingerprint density at radius 1 is 1.04 bits per heavy atom. The minimum Gasteiger partial charge on any atom is -0.459 e. The van der Waals surface area contributed by atoms with Crippen molar-refractivity contribution in [3.63, 3.8) is 0 Å². The first-order valence-corrected chi connectivity index (χ1v) is 8.30. The highest BCUT2D eigenvalue weighted by Gasteiger charge is 2.17. The lowest BCUT2D eigenvalue weighted by Gasteiger charge is -2.08. The molecule has 0 aliphatic heterocycles. The predicted molar refractivity (Wildman–Crippen MR) is 99.9 cm³/mol. The third-order valence-corrected chi connectivity index (χ3v) is 4.04. The largest absolute Gasteiger partial charge is 0.459 e. The zero-order valence-electron chi connectivity index (χ0n) is 14.0. The van der Waals surface area contributed by atoms with Crippen LogP contribution in [-0.2, 0) is 6.54 Å². The summed E-state index contributed by atoms with van der Waals surface area (Å²) >= 11 is 0. The Morgan fingerprint density at radius 2 is 1.92 bits per heavy atom. The molecule has 1 N–H and O–H groups in total. The second-order valence-electron chi connectivity index (χ2n) is 5.89. The fraction of sp³-hybridized carbons (Fsp3) is 0.0476. The Hall–Kier alpha value is -3.60. The number of anilines is 1. The molecule has 0 saturated heterocycles. The van der Waals surface area contributed by atoms with Crippen LogP contribution in [0.15, 0.2) is 89.8 Å². The molecule has 4 rings (SSSR count). The lowest BCUT2D eigenvalue weighted by Crippen LogP contribution is -2.12. The molecule has 5 heteroatoms. The van der Waals surface area contributed by atoms with Gasteiger partial charge in [0.1, 0.15) is 0 Å². The molecule has 0 unspecified atom stereocenters. The summed E-state index contributed by atoms with van der Waals surface area (Å²) in [6, 6.07) is 21.1. The quantitative estimate of drug-likeness (QED) is 0.582. The van der Waals surface area contributed by atoms with E-state index in [9.17, 15) is 4.79 Å².